The Morgan fingerprint density at radius 1 is 1.02 bits per heavy atom. The van der Waals surface area contributed by atoms with Crippen molar-refractivity contribution in [3.05, 3.63) is 52.0 Å². The number of likely N-dealkylation sites (tertiary alicyclic amines) is 1. The summed E-state index contributed by atoms with van der Waals surface area (Å²) in [4.78, 5) is 23.9. The van der Waals surface area contributed by atoms with Gasteiger partial charge in [-0.05, 0) is 55.9 Å². The van der Waals surface area contributed by atoms with Gasteiger partial charge in [0.25, 0.3) is 5.91 Å². The molecule has 0 radical (unpaired) electrons. The first-order chi connectivity index (χ1) is 19.8. The van der Waals surface area contributed by atoms with E-state index in [4.69, 9.17) is 9.47 Å². The first-order valence-corrected chi connectivity index (χ1v) is 13.9. The molecule has 4 heterocycles. The number of alkyl halides is 6. The van der Waals surface area contributed by atoms with Crippen LogP contribution in [0.15, 0.2) is 18.2 Å². The molecule has 1 N–H and O–H groups in total. The molecule has 0 spiro atoms. The number of carbonyl (C=O) groups excluding carboxylic acids is 1. The van der Waals surface area contributed by atoms with Crippen molar-refractivity contribution in [2.75, 3.05) is 44.9 Å². The summed E-state index contributed by atoms with van der Waals surface area (Å²) in [6, 6.07) is 3.63. The number of ether oxygens (including phenoxy) is 2. The van der Waals surface area contributed by atoms with Gasteiger partial charge in [0.15, 0.2) is 0 Å². The van der Waals surface area contributed by atoms with Crippen molar-refractivity contribution in [1.82, 2.24) is 20.2 Å². The van der Waals surface area contributed by atoms with Crippen LogP contribution in [0.5, 0.6) is 0 Å². The first-order valence-electron chi connectivity index (χ1n) is 13.9. The molecule has 1 aromatic heterocycles. The Bertz CT molecular complexity index is 1300. The molecular weight excluding hydrogens is 568 g/mol. The predicted molar refractivity (Wildman–Crippen MR) is 140 cm³/mol. The zero-order chi connectivity index (χ0) is 30.2. The fourth-order valence-corrected chi connectivity index (χ4v) is 5.90. The minimum absolute atomic E-state index is 0.0756. The number of piperidine rings is 1. The fraction of sp³-hybridized carbons (Fsp3) is 0.607. The SMILES string of the molecule is CO[C@H]1COCC[C@H]1NC1CCN(C(=O)c2nc(C(F)(F)F)nc(N3CCc4ccc(C(F)(F)F)cc4C3)c2C)CC1. The number of halogens is 6. The molecule has 2 saturated heterocycles. The van der Waals surface area contributed by atoms with Crippen molar-refractivity contribution in [3.8, 4) is 0 Å². The highest BCUT2D eigenvalue weighted by Gasteiger charge is 2.39. The molecule has 230 valence electrons. The monoisotopic (exact) mass is 601 g/mol. The van der Waals surface area contributed by atoms with E-state index in [1.807, 2.05) is 0 Å². The molecule has 1 amide bonds. The van der Waals surface area contributed by atoms with E-state index >= 15 is 0 Å². The molecule has 8 nitrogen and oxygen atoms in total. The molecule has 2 aromatic rings. The third-order valence-corrected chi connectivity index (χ3v) is 8.26. The van der Waals surface area contributed by atoms with Gasteiger partial charge in [-0.3, -0.25) is 4.79 Å². The average molecular weight is 602 g/mol. The maximum absolute atomic E-state index is 13.9. The summed E-state index contributed by atoms with van der Waals surface area (Å²) in [5.74, 6) is -2.19. The number of methoxy groups -OCH3 is 1. The van der Waals surface area contributed by atoms with Gasteiger partial charge in [-0.1, -0.05) is 6.07 Å². The number of aromatic nitrogens is 2. The van der Waals surface area contributed by atoms with Crippen molar-refractivity contribution in [1.29, 1.82) is 0 Å². The molecule has 1 aromatic carbocycles. The fourth-order valence-electron chi connectivity index (χ4n) is 5.90. The topological polar surface area (TPSA) is 79.8 Å². The minimum atomic E-state index is -4.92. The summed E-state index contributed by atoms with van der Waals surface area (Å²) < 4.78 is 92.5. The quantitative estimate of drug-likeness (QED) is 0.510. The highest BCUT2D eigenvalue weighted by Crippen LogP contribution is 2.35. The molecule has 0 unspecified atom stereocenters. The summed E-state index contributed by atoms with van der Waals surface area (Å²) in [7, 11) is 1.63. The van der Waals surface area contributed by atoms with Crippen molar-refractivity contribution >= 4 is 11.7 Å². The predicted octanol–water partition coefficient (Wildman–Crippen LogP) is 4.38. The van der Waals surface area contributed by atoms with E-state index in [0.717, 1.165) is 18.6 Å². The Labute approximate surface area is 239 Å². The van der Waals surface area contributed by atoms with Gasteiger partial charge in [0, 0.05) is 57.5 Å². The molecule has 5 rings (SSSR count). The molecule has 14 heteroatoms. The van der Waals surface area contributed by atoms with E-state index < -0.39 is 29.6 Å². The molecular formula is C28H33F6N5O3. The smallest absolute Gasteiger partial charge is 0.379 e. The zero-order valence-electron chi connectivity index (χ0n) is 23.3. The second kappa shape index (κ2) is 12.0. The lowest BCUT2D eigenvalue weighted by molar-refractivity contribution is -0.145. The number of carbonyl (C=O) groups is 1. The van der Waals surface area contributed by atoms with Crippen LogP contribution in [-0.4, -0.2) is 78.9 Å². The van der Waals surface area contributed by atoms with Crippen LogP contribution in [0.4, 0.5) is 32.2 Å². The van der Waals surface area contributed by atoms with Crippen LogP contribution in [0, 0.1) is 6.92 Å². The number of fused-ring (bicyclic) bond motifs is 1. The number of amides is 1. The maximum Gasteiger partial charge on any atom is 0.451 e. The van der Waals surface area contributed by atoms with Crippen molar-refractivity contribution in [2.45, 2.75) is 69.7 Å². The Kier molecular flexibility index (Phi) is 8.68. The third kappa shape index (κ3) is 6.50. The van der Waals surface area contributed by atoms with Gasteiger partial charge < -0.3 is 24.6 Å². The van der Waals surface area contributed by atoms with E-state index in [1.165, 1.54) is 22.8 Å². The van der Waals surface area contributed by atoms with Crippen LogP contribution in [0.25, 0.3) is 0 Å². The lowest BCUT2D eigenvalue weighted by Crippen LogP contribution is -2.54. The molecule has 42 heavy (non-hydrogen) atoms. The molecule has 3 aliphatic heterocycles. The highest BCUT2D eigenvalue weighted by atomic mass is 19.4. The second-order valence-corrected chi connectivity index (χ2v) is 11.0. The van der Waals surface area contributed by atoms with Crippen LogP contribution in [0.2, 0.25) is 0 Å². The highest BCUT2D eigenvalue weighted by molar-refractivity contribution is 5.95. The van der Waals surface area contributed by atoms with Crippen LogP contribution in [-0.2, 0) is 34.8 Å². The number of anilines is 1. The van der Waals surface area contributed by atoms with E-state index in [0.29, 0.717) is 56.7 Å². The number of benzene rings is 1. The van der Waals surface area contributed by atoms with E-state index in [-0.39, 0.29) is 48.4 Å². The summed E-state index contributed by atoms with van der Waals surface area (Å²) in [5.41, 5.74) is 0.0192. The molecule has 3 aliphatic rings. The number of nitrogens with one attached hydrogen (secondary N) is 1. The summed E-state index contributed by atoms with van der Waals surface area (Å²) in [6.45, 7) is 3.41. The van der Waals surface area contributed by atoms with E-state index in [1.54, 1.807) is 7.11 Å². The zero-order valence-corrected chi connectivity index (χ0v) is 23.3. The van der Waals surface area contributed by atoms with Crippen molar-refractivity contribution in [3.63, 3.8) is 0 Å². The largest absolute Gasteiger partial charge is 0.451 e. The van der Waals surface area contributed by atoms with Crippen molar-refractivity contribution in [2.24, 2.45) is 0 Å². The second-order valence-electron chi connectivity index (χ2n) is 11.0. The van der Waals surface area contributed by atoms with Gasteiger partial charge in [-0.15, -0.1) is 0 Å². The third-order valence-electron chi connectivity index (χ3n) is 8.26. The Hall–Kier alpha value is -2.97. The minimum Gasteiger partial charge on any atom is -0.379 e. The number of rotatable bonds is 5. The first kappa shape index (κ1) is 30.5. The van der Waals surface area contributed by atoms with Crippen LogP contribution < -0.4 is 10.2 Å². The van der Waals surface area contributed by atoms with Crippen LogP contribution >= 0.6 is 0 Å². The summed E-state index contributed by atoms with van der Waals surface area (Å²) in [6.07, 6.45) is -7.24. The lowest BCUT2D eigenvalue weighted by atomic mass is 9.96. The van der Waals surface area contributed by atoms with Crippen molar-refractivity contribution < 1.29 is 40.6 Å². The Morgan fingerprint density at radius 3 is 2.43 bits per heavy atom. The van der Waals surface area contributed by atoms with Gasteiger partial charge in [0.2, 0.25) is 5.82 Å². The Balaban J connectivity index is 1.35. The van der Waals surface area contributed by atoms with Crippen LogP contribution in [0.3, 0.4) is 0 Å². The number of hydrogen-bond donors (Lipinski definition) is 1. The molecule has 0 bridgehead atoms. The molecule has 0 aliphatic carbocycles. The van der Waals surface area contributed by atoms with Gasteiger partial charge in [0.1, 0.15) is 11.5 Å². The summed E-state index contributed by atoms with van der Waals surface area (Å²) >= 11 is 0. The Morgan fingerprint density at radius 2 is 1.76 bits per heavy atom. The van der Waals surface area contributed by atoms with E-state index in [9.17, 15) is 31.1 Å². The number of nitrogens with zero attached hydrogens (tertiary/aromatic N) is 4. The average Bonchev–Trinajstić information content (AvgIpc) is 2.96. The summed E-state index contributed by atoms with van der Waals surface area (Å²) in [5, 5.41) is 3.58. The van der Waals surface area contributed by atoms with Gasteiger partial charge in [-0.2, -0.15) is 26.3 Å². The lowest BCUT2D eigenvalue weighted by Gasteiger charge is -2.38. The van der Waals surface area contributed by atoms with Crippen LogP contribution in [0.1, 0.15) is 57.8 Å². The van der Waals surface area contributed by atoms with Gasteiger partial charge in [-0.25, -0.2) is 9.97 Å². The molecule has 2 atom stereocenters. The maximum atomic E-state index is 13.9. The standard InChI is InChI=1S/C28H33F6N5O3/c1-16-23(25(40)38-10-6-20(7-11-38)35-21-8-12-42-15-22(21)41-2)36-26(28(32,33)34)37-24(16)39-9-5-17-3-4-19(27(29,30)31)13-18(17)14-39/h3-4,13,20-22,35H,5-12,14-15H2,1-2H3/t21-,22+/m1/s1. The normalized spacial score (nSPS) is 22.3. The van der Waals surface area contributed by atoms with Gasteiger partial charge >= 0.3 is 12.4 Å². The number of hydrogen-bond acceptors (Lipinski definition) is 7. The molecule has 2 fully saturated rings. The van der Waals surface area contributed by atoms with Gasteiger partial charge in [0.05, 0.1) is 18.3 Å². The molecule has 0 saturated carbocycles. The van der Waals surface area contributed by atoms with E-state index in [2.05, 4.69) is 15.3 Å².